The number of hydrogen-bond acceptors (Lipinski definition) is 5. The molecule has 1 aliphatic rings. The first kappa shape index (κ1) is 19.4. The second-order valence-electron chi connectivity index (χ2n) is 6.69. The second-order valence-corrected chi connectivity index (χ2v) is 6.69. The predicted octanol–water partition coefficient (Wildman–Crippen LogP) is 3.26. The summed E-state index contributed by atoms with van der Waals surface area (Å²) in [5.41, 5.74) is 0.460. The molecule has 0 radical (unpaired) electrons. The van der Waals surface area contributed by atoms with Gasteiger partial charge in [0.15, 0.2) is 5.78 Å². The molecule has 28 heavy (non-hydrogen) atoms. The number of Topliss-reactive ketones (excluding diaryl/α,β-unsaturated/α-hetero) is 1. The largest absolute Gasteiger partial charge is 0.497 e. The summed E-state index contributed by atoms with van der Waals surface area (Å²) in [7, 11) is 3.04. The van der Waals surface area contributed by atoms with Crippen molar-refractivity contribution < 1.29 is 23.9 Å². The summed E-state index contributed by atoms with van der Waals surface area (Å²) >= 11 is 0. The van der Waals surface area contributed by atoms with E-state index in [4.69, 9.17) is 9.47 Å². The highest BCUT2D eigenvalue weighted by Gasteiger charge is 2.56. The molecule has 2 aromatic carbocycles. The van der Waals surface area contributed by atoms with E-state index in [-0.39, 0.29) is 17.6 Å². The molecule has 2 N–H and O–H groups in total. The first-order valence-corrected chi connectivity index (χ1v) is 8.85. The number of amides is 2. The van der Waals surface area contributed by atoms with Gasteiger partial charge in [-0.25, -0.2) is 0 Å². The molecule has 146 valence electrons. The molecule has 7 nitrogen and oxygen atoms in total. The zero-order chi connectivity index (χ0) is 20.3. The van der Waals surface area contributed by atoms with E-state index in [1.54, 1.807) is 49.6 Å². The lowest BCUT2D eigenvalue weighted by molar-refractivity contribution is -0.131. The maximum Gasteiger partial charge on any atom is 0.240 e. The van der Waals surface area contributed by atoms with Gasteiger partial charge in [-0.3, -0.25) is 14.4 Å². The van der Waals surface area contributed by atoms with Crippen LogP contribution in [0.15, 0.2) is 42.5 Å². The van der Waals surface area contributed by atoms with Gasteiger partial charge in [-0.1, -0.05) is 0 Å². The van der Waals surface area contributed by atoms with Crippen molar-refractivity contribution in [3.05, 3.63) is 48.0 Å². The fourth-order valence-electron chi connectivity index (χ4n) is 2.86. The number of anilines is 2. The second kappa shape index (κ2) is 7.72. The number of methoxy groups -OCH3 is 2. The summed E-state index contributed by atoms with van der Waals surface area (Å²) in [6.07, 6.45) is 0.934. The van der Waals surface area contributed by atoms with Gasteiger partial charge in [-0.2, -0.15) is 0 Å². The number of rotatable bonds is 7. The van der Waals surface area contributed by atoms with Crippen molar-refractivity contribution in [3.63, 3.8) is 0 Å². The molecule has 0 atom stereocenters. The maximum absolute atomic E-state index is 12.8. The van der Waals surface area contributed by atoms with Gasteiger partial charge in [0.05, 0.1) is 19.9 Å². The molecule has 0 spiro atoms. The van der Waals surface area contributed by atoms with Crippen LogP contribution in [0, 0.1) is 5.41 Å². The third-order valence-electron chi connectivity index (χ3n) is 4.83. The standard InChI is InChI=1S/C21H22N2O5/c1-13(24)14-4-6-15(7-5-14)22-19(25)21(10-11-21)20(26)23-17-9-8-16(27-2)12-18(17)28-3/h4-9,12H,10-11H2,1-3H3,(H,22,25)(H,23,26). The van der Waals surface area contributed by atoms with Crippen LogP contribution in [0.25, 0.3) is 0 Å². The summed E-state index contributed by atoms with van der Waals surface area (Å²) in [5, 5.41) is 5.54. The third-order valence-corrected chi connectivity index (χ3v) is 4.83. The molecule has 1 saturated carbocycles. The Balaban J connectivity index is 1.71. The lowest BCUT2D eigenvalue weighted by Crippen LogP contribution is -2.35. The molecule has 0 heterocycles. The van der Waals surface area contributed by atoms with Crippen LogP contribution in [-0.4, -0.2) is 31.8 Å². The normalized spacial score (nSPS) is 14.0. The van der Waals surface area contributed by atoms with E-state index < -0.39 is 5.41 Å². The van der Waals surface area contributed by atoms with E-state index in [2.05, 4.69) is 10.6 Å². The van der Waals surface area contributed by atoms with Crippen molar-refractivity contribution in [1.82, 2.24) is 0 Å². The summed E-state index contributed by atoms with van der Waals surface area (Å²) in [6, 6.07) is 11.6. The van der Waals surface area contributed by atoms with Crippen molar-refractivity contribution in [2.45, 2.75) is 19.8 Å². The average Bonchev–Trinajstić information content (AvgIpc) is 3.51. The van der Waals surface area contributed by atoms with Crippen molar-refractivity contribution in [2.75, 3.05) is 24.9 Å². The van der Waals surface area contributed by atoms with Crippen molar-refractivity contribution >= 4 is 29.0 Å². The highest BCUT2D eigenvalue weighted by Crippen LogP contribution is 2.48. The molecule has 7 heteroatoms. The lowest BCUT2D eigenvalue weighted by atomic mass is 10.0. The van der Waals surface area contributed by atoms with Crippen molar-refractivity contribution in [2.24, 2.45) is 5.41 Å². The molecule has 1 fully saturated rings. The minimum absolute atomic E-state index is 0.0515. The van der Waals surface area contributed by atoms with Gasteiger partial charge in [0, 0.05) is 17.3 Å². The Morgan fingerprint density at radius 2 is 1.54 bits per heavy atom. The van der Waals surface area contributed by atoms with Crippen LogP contribution in [-0.2, 0) is 9.59 Å². The molecule has 0 saturated heterocycles. The van der Waals surface area contributed by atoms with Crippen LogP contribution in [0.3, 0.4) is 0 Å². The topological polar surface area (TPSA) is 93.7 Å². The number of nitrogens with one attached hydrogen (secondary N) is 2. The molecule has 0 unspecified atom stereocenters. The van der Waals surface area contributed by atoms with E-state index in [1.165, 1.54) is 14.0 Å². The van der Waals surface area contributed by atoms with Crippen LogP contribution in [0.1, 0.15) is 30.1 Å². The Morgan fingerprint density at radius 1 is 0.893 bits per heavy atom. The first-order valence-electron chi connectivity index (χ1n) is 8.85. The smallest absolute Gasteiger partial charge is 0.240 e. The summed E-state index contributed by atoms with van der Waals surface area (Å²) in [4.78, 5) is 36.8. The van der Waals surface area contributed by atoms with E-state index >= 15 is 0 Å². The zero-order valence-corrected chi connectivity index (χ0v) is 16.0. The molecule has 0 aliphatic heterocycles. The number of benzene rings is 2. The first-order chi connectivity index (χ1) is 13.4. The lowest BCUT2D eigenvalue weighted by Gasteiger charge is -2.17. The number of carbonyl (C=O) groups is 3. The molecular formula is C21H22N2O5. The molecule has 3 rings (SSSR count). The van der Waals surface area contributed by atoms with E-state index in [0.717, 1.165) is 0 Å². The molecule has 0 bridgehead atoms. The van der Waals surface area contributed by atoms with Crippen LogP contribution < -0.4 is 20.1 Å². The molecular weight excluding hydrogens is 360 g/mol. The number of carbonyl (C=O) groups excluding carboxylic acids is 3. The summed E-state index contributed by atoms with van der Waals surface area (Å²) < 4.78 is 10.4. The fraction of sp³-hybridized carbons (Fsp3) is 0.286. The van der Waals surface area contributed by atoms with E-state index in [9.17, 15) is 14.4 Å². The third kappa shape index (κ3) is 3.83. The van der Waals surface area contributed by atoms with Crippen molar-refractivity contribution in [1.29, 1.82) is 0 Å². The Labute approximate surface area is 163 Å². The van der Waals surface area contributed by atoms with E-state index in [0.29, 0.717) is 41.3 Å². The Bertz CT molecular complexity index is 917. The molecule has 2 aromatic rings. The van der Waals surface area contributed by atoms with Gasteiger partial charge in [0.2, 0.25) is 11.8 Å². The van der Waals surface area contributed by atoms with Crippen LogP contribution in [0.2, 0.25) is 0 Å². The monoisotopic (exact) mass is 382 g/mol. The van der Waals surface area contributed by atoms with Gasteiger partial charge in [-0.05, 0) is 56.2 Å². The highest BCUT2D eigenvalue weighted by molar-refractivity contribution is 6.17. The van der Waals surface area contributed by atoms with Crippen LogP contribution >= 0.6 is 0 Å². The van der Waals surface area contributed by atoms with Gasteiger partial charge in [0.25, 0.3) is 0 Å². The minimum atomic E-state index is -1.11. The Morgan fingerprint density at radius 3 is 2.07 bits per heavy atom. The SMILES string of the molecule is COc1ccc(NC(=O)C2(C(=O)Nc3ccc(C(C)=O)cc3)CC2)c(OC)c1. The quantitative estimate of drug-likeness (QED) is 0.566. The van der Waals surface area contributed by atoms with Crippen LogP contribution in [0.5, 0.6) is 11.5 Å². The van der Waals surface area contributed by atoms with Crippen LogP contribution in [0.4, 0.5) is 11.4 Å². The average molecular weight is 382 g/mol. The predicted molar refractivity (Wildman–Crippen MR) is 105 cm³/mol. The van der Waals surface area contributed by atoms with Gasteiger partial charge in [-0.15, -0.1) is 0 Å². The summed E-state index contributed by atoms with van der Waals surface area (Å²) in [6.45, 7) is 1.48. The van der Waals surface area contributed by atoms with Gasteiger partial charge < -0.3 is 20.1 Å². The number of ketones is 1. The van der Waals surface area contributed by atoms with Crippen molar-refractivity contribution in [3.8, 4) is 11.5 Å². The number of ether oxygens (including phenoxy) is 2. The summed E-state index contributed by atoms with van der Waals surface area (Å²) in [5.74, 6) is 0.248. The maximum atomic E-state index is 12.8. The Kier molecular flexibility index (Phi) is 5.35. The molecule has 2 amide bonds. The minimum Gasteiger partial charge on any atom is -0.497 e. The number of hydrogen-bond donors (Lipinski definition) is 2. The molecule has 1 aliphatic carbocycles. The Hall–Kier alpha value is -3.35. The van der Waals surface area contributed by atoms with Gasteiger partial charge in [0.1, 0.15) is 16.9 Å². The highest BCUT2D eigenvalue weighted by atomic mass is 16.5. The van der Waals surface area contributed by atoms with Gasteiger partial charge >= 0.3 is 0 Å². The fourth-order valence-corrected chi connectivity index (χ4v) is 2.86. The van der Waals surface area contributed by atoms with E-state index in [1.807, 2.05) is 0 Å². The zero-order valence-electron chi connectivity index (χ0n) is 16.0. The molecule has 0 aromatic heterocycles.